The van der Waals surface area contributed by atoms with Crippen molar-refractivity contribution in [3.8, 4) is 0 Å². The van der Waals surface area contributed by atoms with Crippen LogP contribution in [-0.2, 0) is 9.53 Å². The second-order valence-electron chi connectivity index (χ2n) is 8.64. The van der Waals surface area contributed by atoms with Crippen molar-refractivity contribution < 1.29 is 27.5 Å². The molecule has 9 heteroatoms. The molecule has 0 radical (unpaired) electrons. The van der Waals surface area contributed by atoms with Crippen molar-refractivity contribution >= 4 is 11.8 Å². The fourth-order valence-corrected chi connectivity index (χ4v) is 4.27. The highest BCUT2D eigenvalue weighted by atomic mass is 19.4. The summed E-state index contributed by atoms with van der Waals surface area (Å²) in [5.41, 5.74) is 1.75. The summed E-state index contributed by atoms with van der Waals surface area (Å²) < 4.78 is 40.9. The summed E-state index contributed by atoms with van der Waals surface area (Å²) in [5, 5.41) is 0. The molecule has 2 aliphatic rings. The van der Waals surface area contributed by atoms with E-state index in [2.05, 4.69) is 9.64 Å². The van der Waals surface area contributed by atoms with Gasteiger partial charge in [-0.05, 0) is 38.3 Å². The van der Waals surface area contributed by atoms with Crippen molar-refractivity contribution in [1.29, 1.82) is 0 Å². The molecule has 1 aromatic carbocycles. The summed E-state index contributed by atoms with van der Waals surface area (Å²) in [6, 6.07) is 7.50. The Labute approximate surface area is 187 Å². The normalized spacial score (nSPS) is 20.4. The molecule has 0 aromatic heterocycles. The van der Waals surface area contributed by atoms with Gasteiger partial charge in [0, 0.05) is 58.0 Å². The van der Waals surface area contributed by atoms with Crippen LogP contribution >= 0.6 is 0 Å². The second kappa shape index (κ2) is 11.1. The number of piperidine rings is 1. The first-order valence-electron chi connectivity index (χ1n) is 11.2. The molecule has 0 saturated carbocycles. The fraction of sp³-hybridized carbons (Fsp3) is 0.652. The van der Waals surface area contributed by atoms with Crippen LogP contribution in [0.2, 0.25) is 0 Å². The second-order valence-corrected chi connectivity index (χ2v) is 8.64. The molecule has 1 aromatic rings. The molecular formula is C23H32F3N3O3. The van der Waals surface area contributed by atoms with Crippen molar-refractivity contribution in [2.45, 2.75) is 32.4 Å². The number of carbonyl (C=O) groups excluding carboxylic acids is 2. The van der Waals surface area contributed by atoms with Gasteiger partial charge in [-0.2, -0.15) is 13.2 Å². The quantitative estimate of drug-likeness (QED) is 0.594. The van der Waals surface area contributed by atoms with Gasteiger partial charge >= 0.3 is 6.18 Å². The van der Waals surface area contributed by atoms with Gasteiger partial charge in [-0.25, -0.2) is 0 Å². The maximum absolute atomic E-state index is 13.0. The van der Waals surface area contributed by atoms with Crippen LogP contribution in [-0.4, -0.2) is 91.7 Å². The molecule has 2 heterocycles. The first-order valence-corrected chi connectivity index (χ1v) is 11.2. The Morgan fingerprint density at radius 1 is 1.03 bits per heavy atom. The van der Waals surface area contributed by atoms with Crippen molar-refractivity contribution in [3.05, 3.63) is 35.4 Å². The number of nitrogens with zero attached hydrogens (tertiary/aromatic N) is 3. The Morgan fingerprint density at radius 3 is 2.38 bits per heavy atom. The maximum Gasteiger partial charge on any atom is 0.411 e. The molecule has 1 atom stereocenters. The average molecular weight is 456 g/mol. The highest BCUT2D eigenvalue weighted by molar-refractivity contribution is 5.94. The lowest BCUT2D eigenvalue weighted by Gasteiger charge is -2.39. The third kappa shape index (κ3) is 7.20. The zero-order chi connectivity index (χ0) is 23.1. The minimum atomic E-state index is -4.29. The number of alkyl halides is 3. The molecule has 2 aliphatic heterocycles. The molecular weight excluding hydrogens is 423 g/mol. The van der Waals surface area contributed by atoms with Crippen LogP contribution < -0.4 is 0 Å². The van der Waals surface area contributed by atoms with Crippen LogP contribution in [0.1, 0.15) is 35.2 Å². The predicted molar refractivity (Wildman–Crippen MR) is 114 cm³/mol. The molecule has 1 unspecified atom stereocenters. The summed E-state index contributed by atoms with van der Waals surface area (Å²) in [6.45, 7) is 5.21. The molecule has 0 aliphatic carbocycles. The zero-order valence-electron chi connectivity index (χ0n) is 18.6. The van der Waals surface area contributed by atoms with E-state index in [1.807, 2.05) is 36.1 Å². The largest absolute Gasteiger partial charge is 0.411 e. The smallest absolute Gasteiger partial charge is 0.372 e. The SMILES string of the molecule is Cc1ccc(C(=O)N2CCCC(C(=O)N3CCN(CCCOCC(F)(F)F)CC3)C2)cc1. The van der Waals surface area contributed by atoms with E-state index in [4.69, 9.17) is 0 Å². The van der Waals surface area contributed by atoms with E-state index in [0.29, 0.717) is 57.8 Å². The van der Waals surface area contributed by atoms with Crippen molar-refractivity contribution in [2.75, 3.05) is 59.0 Å². The maximum atomic E-state index is 13.0. The number of piperazine rings is 1. The van der Waals surface area contributed by atoms with Crippen molar-refractivity contribution in [2.24, 2.45) is 5.92 Å². The fourth-order valence-electron chi connectivity index (χ4n) is 4.27. The molecule has 0 N–H and O–H groups in total. The van der Waals surface area contributed by atoms with Gasteiger partial charge in [-0.1, -0.05) is 17.7 Å². The molecule has 32 heavy (non-hydrogen) atoms. The summed E-state index contributed by atoms with van der Waals surface area (Å²) in [4.78, 5) is 31.7. The molecule has 6 nitrogen and oxygen atoms in total. The Kier molecular flexibility index (Phi) is 8.53. The number of ether oxygens (including phenoxy) is 1. The van der Waals surface area contributed by atoms with Crippen LogP contribution in [0.15, 0.2) is 24.3 Å². The number of amides is 2. The number of aryl methyl sites for hydroxylation is 1. The average Bonchev–Trinajstić information content (AvgIpc) is 2.78. The highest BCUT2D eigenvalue weighted by Crippen LogP contribution is 2.22. The topological polar surface area (TPSA) is 53.1 Å². The van der Waals surface area contributed by atoms with Gasteiger partial charge in [-0.15, -0.1) is 0 Å². The Hall–Kier alpha value is -2.13. The van der Waals surface area contributed by atoms with E-state index in [0.717, 1.165) is 18.4 Å². The molecule has 2 amide bonds. The van der Waals surface area contributed by atoms with E-state index < -0.39 is 12.8 Å². The van der Waals surface area contributed by atoms with Gasteiger partial charge in [0.15, 0.2) is 0 Å². The van der Waals surface area contributed by atoms with E-state index in [1.165, 1.54) is 0 Å². The minimum absolute atomic E-state index is 0.0277. The number of hydrogen-bond acceptors (Lipinski definition) is 4. The van der Waals surface area contributed by atoms with E-state index in [9.17, 15) is 22.8 Å². The number of halogens is 3. The van der Waals surface area contributed by atoms with Gasteiger partial charge in [-0.3, -0.25) is 14.5 Å². The number of hydrogen-bond donors (Lipinski definition) is 0. The predicted octanol–water partition coefficient (Wildman–Crippen LogP) is 2.96. The molecule has 0 bridgehead atoms. The summed E-state index contributed by atoms with van der Waals surface area (Å²) in [5.74, 6) is -0.111. The van der Waals surface area contributed by atoms with E-state index >= 15 is 0 Å². The molecule has 0 spiro atoms. The first kappa shape index (κ1) is 24.5. The molecule has 2 fully saturated rings. The highest BCUT2D eigenvalue weighted by Gasteiger charge is 2.33. The molecule has 2 saturated heterocycles. The number of benzene rings is 1. The standard InChI is InChI=1S/C23H32F3N3O3/c1-18-5-7-19(8-6-18)21(30)29-10-2-4-20(16-29)22(31)28-13-11-27(12-14-28)9-3-15-32-17-23(24,25)26/h5-8,20H,2-4,9-17H2,1H3. The molecule has 3 rings (SSSR count). The Balaban J connectivity index is 1.40. The first-order chi connectivity index (χ1) is 15.2. The van der Waals surface area contributed by atoms with Crippen LogP contribution in [0.3, 0.4) is 0 Å². The third-order valence-electron chi connectivity index (χ3n) is 6.07. The van der Waals surface area contributed by atoms with Crippen LogP contribution in [0.25, 0.3) is 0 Å². The van der Waals surface area contributed by atoms with Crippen LogP contribution in [0, 0.1) is 12.8 Å². The number of rotatable bonds is 7. The van der Waals surface area contributed by atoms with Gasteiger partial charge in [0.05, 0.1) is 5.92 Å². The summed E-state index contributed by atoms with van der Waals surface area (Å²) in [6.07, 6.45) is -2.16. The Morgan fingerprint density at radius 2 is 1.72 bits per heavy atom. The van der Waals surface area contributed by atoms with Gasteiger partial charge < -0.3 is 14.5 Å². The molecule has 178 valence electrons. The third-order valence-corrected chi connectivity index (χ3v) is 6.07. The van der Waals surface area contributed by atoms with Crippen molar-refractivity contribution in [1.82, 2.24) is 14.7 Å². The van der Waals surface area contributed by atoms with E-state index in [1.54, 1.807) is 4.90 Å². The van der Waals surface area contributed by atoms with Crippen molar-refractivity contribution in [3.63, 3.8) is 0 Å². The number of carbonyl (C=O) groups is 2. The van der Waals surface area contributed by atoms with Gasteiger partial charge in [0.1, 0.15) is 6.61 Å². The number of likely N-dealkylation sites (tertiary alicyclic amines) is 1. The van der Waals surface area contributed by atoms with Gasteiger partial charge in [0.25, 0.3) is 5.91 Å². The van der Waals surface area contributed by atoms with Crippen LogP contribution in [0.5, 0.6) is 0 Å². The summed E-state index contributed by atoms with van der Waals surface area (Å²) >= 11 is 0. The zero-order valence-corrected chi connectivity index (χ0v) is 18.6. The van der Waals surface area contributed by atoms with E-state index in [-0.39, 0.29) is 24.3 Å². The monoisotopic (exact) mass is 455 g/mol. The lowest BCUT2D eigenvalue weighted by atomic mass is 9.95. The van der Waals surface area contributed by atoms with Gasteiger partial charge in [0.2, 0.25) is 5.91 Å². The Bertz CT molecular complexity index is 762. The summed E-state index contributed by atoms with van der Waals surface area (Å²) in [7, 11) is 0. The lowest BCUT2D eigenvalue weighted by molar-refractivity contribution is -0.174. The minimum Gasteiger partial charge on any atom is -0.372 e. The lowest BCUT2D eigenvalue weighted by Crippen LogP contribution is -2.53. The van der Waals surface area contributed by atoms with Crippen LogP contribution in [0.4, 0.5) is 13.2 Å².